The highest BCUT2D eigenvalue weighted by Gasteiger charge is 2.28. The van der Waals surface area contributed by atoms with Crippen molar-refractivity contribution in [1.82, 2.24) is 15.1 Å². The molecule has 4 amide bonds. The molecule has 1 aliphatic heterocycles. The van der Waals surface area contributed by atoms with Gasteiger partial charge in [0.25, 0.3) is 11.8 Å². The van der Waals surface area contributed by atoms with Crippen LogP contribution < -0.4 is 10.6 Å². The number of hydrogen-bond donors (Lipinski definition) is 2. The van der Waals surface area contributed by atoms with Crippen molar-refractivity contribution in [2.24, 2.45) is 0 Å². The summed E-state index contributed by atoms with van der Waals surface area (Å²) in [6, 6.07) is 8.91. The second-order valence-electron chi connectivity index (χ2n) is 8.62. The Morgan fingerprint density at radius 1 is 1.00 bits per heavy atom. The first-order chi connectivity index (χ1) is 15.9. The first-order valence-electron chi connectivity index (χ1n) is 11.4. The lowest BCUT2D eigenvalue weighted by Crippen LogP contribution is -2.54. The topological polar surface area (TPSA) is 81.8 Å². The van der Waals surface area contributed by atoms with E-state index in [0.717, 1.165) is 18.4 Å². The molecule has 1 saturated carbocycles. The molecule has 2 heterocycles. The van der Waals surface area contributed by atoms with Gasteiger partial charge in [0.15, 0.2) is 0 Å². The Morgan fingerprint density at radius 2 is 1.67 bits per heavy atom. The van der Waals surface area contributed by atoms with E-state index in [0.29, 0.717) is 46.6 Å². The van der Waals surface area contributed by atoms with Crippen LogP contribution in [0.25, 0.3) is 0 Å². The van der Waals surface area contributed by atoms with E-state index in [-0.39, 0.29) is 23.9 Å². The van der Waals surface area contributed by atoms with Crippen LogP contribution in [0.15, 0.2) is 30.3 Å². The number of thiophene rings is 1. The highest BCUT2D eigenvalue weighted by molar-refractivity contribution is 7.18. The number of amides is 4. The number of nitrogens with zero attached hydrogens (tertiary/aromatic N) is 2. The first-order valence-corrected chi connectivity index (χ1v) is 12.6. The zero-order chi connectivity index (χ0) is 23.4. The fraction of sp³-hybridized carbons (Fsp3) is 0.458. The monoisotopic (exact) mass is 488 g/mol. The minimum Gasteiger partial charge on any atom is -0.335 e. The van der Waals surface area contributed by atoms with Crippen LogP contribution in [-0.4, -0.2) is 59.9 Å². The lowest BCUT2D eigenvalue weighted by Gasteiger charge is -2.36. The summed E-state index contributed by atoms with van der Waals surface area (Å²) >= 11 is 7.37. The molecule has 2 N–H and O–H groups in total. The van der Waals surface area contributed by atoms with Crippen LogP contribution in [0.2, 0.25) is 5.02 Å². The van der Waals surface area contributed by atoms with E-state index in [2.05, 4.69) is 10.6 Å². The highest BCUT2D eigenvalue weighted by atomic mass is 35.5. The van der Waals surface area contributed by atoms with E-state index in [1.54, 1.807) is 40.1 Å². The molecule has 2 aliphatic rings. The molecular formula is C24H29ClN4O3S. The summed E-state index contributed by atoms with van der Waals surface area (Å²) in [5, 5.41) is 6.97. The Kier molecular flexibility index (Phi) is 7.55. The van der Waals surface area contributed by atoms with Crippen molar-refractivity contribution in [1.29, 1.82) is 0 Å². The molecule has 0 atom stereocenters. The van der Waals surface area contributed by atoms with Gasteiger partial charge in [0, 0.05) is 32.2 Å². The number of urea groups is 1. The van der Waals surface area contributed by atoms with Gasteiger partial charge in [-0.3, -0.25) is 9.59 Å². The molecule has 2 aromatic rings. The molecule has 7 nitrogen and oxygen atoms in total. The maximum absolute atomic E-state index is 13.1. The third-order valence-corrected chi connectivity index (χ3v) is 7.72. The third-order valence-electron chi connectivity index (χ3n) is 6.25. The largest absolute Gasteiger partial charge is 0.335 e. The predicted octanol–water partition coefficient (Wildman–Crippen LogP) is 4.76. The molecule has 1 aliphatic carbocycles. The second-order valence-corrected chi connectivity index (χ2v) is 10.1. The summed E-state index contributed by atoms with van der Waals surface area (Å²) in [4.78, 5) is 42.4. The summed E-state index contributed by atoms with van der Waals surface area (Å²) in [6.07, 6.45) is 5.71. The number of piperazine rings is 1. The molecule has 0 radical (unpaired) electrons. The normalized spacial score (nSPS) is 17.0. The number of carbonyl (C=O) groups excluding carboxylic acids is 3. The van der Waals surface area contributed by atoms with Crippen molar-refractivity contribution in [3.8, 4) is 0 Å². The van der Waals surface area contributed by atoms with Crippen molar-refractivity contribution in [2.45, 2.75) is 45.1 Å². The number of carbonyl (C=O) groups is 3. The van der Waals surface area contributed by atoms with Crippen molar-refractivity contribution >= 4 is 45.8 Å². The molecule has 1 saturated heterocycles. The molecule has 0 bridgehead atoms. The maximum atomic E-state index is 13.1. The molecule has 0 spiro atoms. The third kappa shape index (κ3) is 5.68. The van der Waals surface area contributed by atoms with Crippen LogP contribution in [0.1, 0.15) is 57.7 Å². The minimum atomic E-state index is -0.307. The van der Waals surface area contributed by atoms with Crippen molar-refractivity contribution in [3.05, 3.63) is 51.4 Å². The molecule has 1 aromatic heterocycles. The summed E-state index contributed by atoms with van der Waals surface area (Å²) in [7, 11) is 0. The molecular weight excluding hydrogens is 460 g/mol. The molecule has 176 valence electrons. The van der Waals surface area contributed by atoms with Gasteiger partial charge in [-0.1, -0.05) is 43.0 Å². The van der Waals surface area contributed by atoms with Gasteiger partial charge in [-0.25, -0.2) is 4.79 Å². The van der Waals surface area contributed by atoms with Gasteiger partial charge in [0.1, 0.15) is 0 Å². The lowest BCUT2D eigenvalue weighted by atomic mass is 9.96. The van der Waals surface area contributed by atoms with Gasteiger partial charge in [0.2, 0.25) is 0 Å². The average molecular weight is 489 g/mol. The van der Waals surface area contributed by atoms with Crippen LogP contribution in [0.4, 0.5) is 9.80 Å². The zero-order valence-corrected chi connectivity index (χ0v) is 20.3. The van der Waals surface area contributed by atoms with E-state index >= 15 is 0 Å². The number of anilines is 1. The van der Waals surface area contributed by atoms with Crippen molar-refractivity contribution in [2.75, 3.05) is 31.5 Å². The SMILES string of the molecule is Cc1cc(NC(=O)c2ccccc2Cl)sc1C(=O)N1CCN(C(=O)NC2CCCCC2)CC1. The number of hydrogen-bond acceptors (Lipinski definition) is 4. The number of halogens is 1. The fourth-order valence-corrected chi connectivity index (χ4v) is 5.61. The molecule has 1 aromatic carbocycles. The van der Waals surface area contributed by atoms with E-state index in [4.69, 9.17) is 11.6 Å². The highest BCUT2D eigenvalue weighted by Crippen LogP contribution is 2.29. The minimum absolute atomic E-state index is 0.0223. The quantitative estimate of drug-likeness (QED) is 0.650. The van der Waals surface area contributed by atoms with Crippen molar-refractivity contribution < 1.29 is 14.4 Å². The number of benzene rings is 1. The average Bonchev–Trinajstić information content (AvgIpc) is 3.19. The van der Waals surface area contributed by atoms with Crippen LogP contribution in [-0.2, 0) is 0 Å². The number of nitrogens with one attached hydrogen (secondary N) is 2. The Balaban J connectivity index is 1.32. The van der Waals surface area contributed by atoms with E-state index in [9.17, 15) is 14.4 Å². The second kappa shape index (κ2) is 10.6. The van der Waals surface area contributed by atoms with E-state index in [1.165, 1.54) is 30.6 Å². The molecule has 4 rings (SSSR count). The first kappa shape index (κ1) is 23.6. The summed E-state index contributed by atoms with van der Waals surface area (Å²) < 4.78 is 0. The van der Waals surface area contributed by atoms with Crippen LogP contribution >= 0.6 is 22.9 Å². The maximum Gasteiger partial charge on any atom is 0.317 e. The molecule has 0 unspecified atom stereocenters. The van der Waals surface area contributed by atoms with E-state index in [1.807, 2.05) is 6.92 Å². The van der Waals surface area contributed by atoms with Gasteiger partial charge >= 0.3 is 6.03 Å². The predicted molar refractivity (Wildman–Crippen MR) is 131 cm³/mol. The molecule has 33 heavy (non-hydrogen) atoms. The Labute approximate surface area is 203 Å². The van der Waals surface area contributed by atoms with Crippen molar-refractivity contribution in [3.63, 3.8) is 0 Å². The van der Waals surface area contributed by atoms with Gasteiger partial charge < -0.3 is 20.4 Å². The fourth-order valence-electron chi connectivity index (χ4n) is 4.35. The Bertz CT molecular complexity index is 1030. The van der Waals surface area contributed by atoms with Crippen LogP contribution in [0, 0.1) is 6.92 Å². The van der Waals surface area contributed by atoms with Gasteiger partial charge in [0.05, 0.1) is 20.5 Å². The molecule has 2 fully saturated rings. The molecule has 9 heteroatoms. The number of rotatable bonds is 4. The Morgan fingerprint density at radius 3 is 2.36 bits per heavy atom. The van der Waals surface area contributed by atoms with Crippen LogP contribution in [0.5, 0.6) is 0 Å². The number of aryl methyl sites for hydroxylation is 1. The summed E-state index contributed by atoms with van der Waals surface area (Å²) in [5.74, 6) is -0.374. The van der Waals surface area contributed by atoms with Crippen LogP contribution in [0.3, 0.4) is 0 Å². The lowest BCUT2D eigenvalue weighted by molar-refractivity contribution is 0.0666. The van der Waals surface area contributed by atoms with Gasteiger partial charge in [-0.2, -0.15) is 0 Å². The Hall–Kier alpha value is -2.58. The van der Waals surface area contributed by atoms with E-state index < -0.39 is 0 Å². The standard InChI is InChI=1S/C24H29ClN4O3S/c1-16-15-20(27-22(30)18-9-5-6-10-19(18)25)33-21(16)23(31)28-11-13-29(14-12-28)24(32)26-17-7-3-2-4-8-17/h5-6,9-10,15,17H,2-4,7-8,11-14H2,1H3,(H,26,32)(H,27,30). The van der Waals surface area contributed by atoms with Gasteiger partial charge in [-0.15, -0.1) is 11.3 Å². The smallest absolute Gasteiger partial charge is 0.317 e. The van der Waals surface area contributed by atoms with Gasteiger partial charge in [-0.05, 0) is 43.5 Å². The zero-order valence-electron chi connectivity index (χ0n) is 18.7. The summed E-state index contributed by atoms with van der Waals surface area (Å²) in [6.45, 7) is 3.89. The summed E-state index contributed by atoms with van der Waals surface area (Å²) in [5.41, 5.74) is 1.21.